The van der Waals surface area contributed by atoms with Gasteiger partial charge in [-0.3, -0.25) is 0 Å². The molecule has 3 rings (SSSR count). The maximum atomic E-state index is 6.13. The summed E-state index contributed by atoms with van der Waals surface area (Å²) in [6.07, 6.45) is 5.88. The molecule has 0 aliphatic heterocycles. The molecule has 18 heavy (non-hydrogen) atoms. The number of hydrogen-bond acceptors (Lipinski definition) is 2. The van der Waals surface area contributed by atoms with Crippen molar-refractivity contribution in [2.24, 2.45) is 17.8 Å². The van der Waals surface area contributed by atoms with Crippen LogP contribution >= 0.6 is 0 Å². The molecule has 2 aliphatic carbocycles. The highest BCUT2D eigenvalue weighted by Gasteiger charge is 2.39. The summed E-state index contributed by atoms with van der Waals surface area (Å²) in [5, 5.41) is 0. The Balaban J connectivity index is 1.73. The topological polar surface area (TPSA) is 29.3 Å². The summed E-state index contributed by atoms with van der Waals surface area (Å²) in [7, 11) is 2.20. The Morgan fingerprint density at radius 2 is 2.11 bits per heavy atom. The second-order valence-electron chi connectivity index (χ2n) is 6.33. The van der Waals surface area contributed by atoms with Crippen LogP contribution in [0, 0.1) is 24.7 Å². The Labute approximate surface area is 110 Å². The summed E-state index contributed by atoms with van der Waals surface area (Å²) in [5.41, 5.74) is 9.58. The number of anilines is 2. The van der Waals surface area contributed by atoms with Crippen molar-refractivity contribution in [3.63, 3.8) is 0 Å². The summed E-state index contributed by atoms with van der Waals surface area (Å²) >= 11 is 0. The van der Waals surface area contributed by atoms with E-state index >= 15 is 0 Å². The molecule has 3 atom stereocenters. The normalized spacial score (nSPS) is 29.8. The zero-order valence-electron chi connectivity index (χ0n) is 11.5. The minimum absolute atomic E-state index is 0.896. The van der Waals surface area contributed by atoms with Crippen molar-refractivity contribution in [2.45, 2.75) is 32.6 Å². The van der Waals surface area contributed by atoms with Gasteiger partial charge in [0.2, 0.25) is 0 Å². The second kappa shape index (κ2) is 4.49. The van der Waals surface area contributed by atoms with Crippen molar-refractivity contribution in [1.82, 2.24) is 0 Å². The van der Waals surface area contributed by atoms with E-state index < -0.39 is 0 Å². The molecule has 0 saturated heterocycles. The molecule has 2 heteroatoms. The number of nitrogens with zero attached hydrogens (tertiary/aromatic N) is 1. The molecule has 2 nitrogen and oxygen atoms in total. The van der Waals surface area contributed by atoms with Crippen LogP contribution in [0.1, 0.15) is 31.2 Å². The van der Waals surface area contributed by atoms with Crippen LogP contribution in [0.15, 0.2) is 18.2 Å². The Bertz CT molecular complexity index is 420. The van der Waals surface area contributed by atoms with Crippen LogP contribution in [-0.2, 0) is 0 Å². The van der Waals surface area contributed by atoms with Gasteiger partial charge in [-0.2, -0.15) is 0 Å². The molecule has 3 unspecified atom stereocenters. The molecule has 0 radical (unpaired) electrons. The lowest BCUT2D eigenvalue weighted by Gasteiger charge is -2.30. The third-order valence-electron chi connectivity index (χ3n) is 5.04. The number of fused-ring (bicyclic) bond motifs is 2. The van der Waals surface area contributed by atoms with Crippen LogP contribution in [-0.4, -0.2) is 13.6 Å². The third-order valence-corrected chi connectivity index (χ3v) is 5.04. The average molecular weight is 244 g/mol. The fourth-order valence-corrected chi connectivity index (χ4v) is 4.25. The van der Waals surface area contributed by atoms with E-state index in [0.717, 1.165) is 23.4 Å². The monoisotopic (exact) mass is 244 g/mol. The van der Waals surface area contributed by atoms with E-state index in [2.05, 4.69) is 24.9 Å². The number of nitrogens with two attached hydrogens (primary N) is 1. The van der Waals surface area contributed by atoms with Crippen LogP contribution in [0.25, 0.3) is 0 Å². The number of para-hydroxylation sites is 1. The number of aryl methyl sites for hydroxylation is 1. The fourth-order valence-electron chi connectivity index (χ4n) is 4.25. The predicted molar refractivity (Wildman–Crippen MR) is 77.8 cm³/mol. The Morgan fingerprint density at radius 3 is 2.72 bits per heavy atom. The van der Waals surface area contributed by atoms with E-state index in [0.29, 0.717) is 0 Å². The lowest BCUT2D eigenvalue weighted by Crippen LogP contribution is -2.29. The van der Waals surface area contributed by atoms with Gasteiger partial charge in [0.15, 0.2) is 0 Å². The molecule has 0 aromatic heterocycles. The molecule has 2 fully saturated rings. The molecular formula is C16H24N2. The highest BCUT2D eigenvalue weighted by atomic mass is 15.1. The molecule has 2 saturated carbocycles. The third kappa shape index (κ3) is 1.98. The maximum absolute atomic E-state index is 6.13. The zero-order chi connectivity index (χ0) is 12.7. The molecule has 1 aromatic rings. The second-order valence-corrected chi connectivity index (χ2v) is 6.33. The predicted octanol–water partition coefficient (Wildman–Crippen LogP) is 3.45. The number of rotatable bonds is 3. The molecule has 0 spiro atoms. The van der Waals surface area contributed by atoms with Gasteiger partial charge in [-0.05, 0) is 55.6 Å². The van der Waals surface area contributed by atoms with E-state index in [9.17, 15) is 0 Å². The van der Waals surface area contributed by atoms with Gasteiger partial charge in [0.25, 0.3) is 0 Å². The van der Waals surface area contributed by atoms with E-state index in [1.807, 2.05) is 12.1 Å². The first kappa shape index (κ1) is 11.9. The maximum Gasteiger partial charge on any atom is 0.0627 e. The van der Waals surface area contributed by atoms with Gasteiger partial charge in [-0.25, -0.2) is 0 Å². The molecular weight excluding hydrogens is 220 g/mol. The van der Waals surface area contributed by atoms with Crippen LogP contribution < -0.4 is 10.6 Å². The summed E-state index contributed by atoms with van der Waals surface area (Å²) < 4.78 is 0. The van der Waals surface area contributed by atoms with Crippen LogP contribution in [0.3, 0.4) is 0 Å². The van der Waals surface area contributed by atoms with Gasteiger partial charge < -0.3 is 10.6 Å². The van der Waals surface area contributed by atoms with Gasteiger partial charge in [-0.15, -0.1) is 0 Å². The van der Waals surface area contributed by atoms with E-state index in [4.69, 9.17) is 5.73 Å². The van der Waals surface area contributed by atoms with Crippen molar-refractivity contribution >= 4 is 11.4 Å². The molecule has 1 aromatic carbocycles. The minimum Gasteiger partial charge on any atom is -0.397 e. The molecule has 2 bridgehead atoms. The molecule has 0 amide bonds. The molecule has 2 N–H and O–H groups in total. The smallest absolute Gasteiger partial charge is 0.0627 e. The largest absolute Gasteiger partial charge is 0.397 e. The lowest BCUT2D eigenvalue weighted by molar-refractivity contribution is 0.337. The first-order valence-corrected chi connectivity index (χ1v) is 7.21. The SMILES string of the molecule is Cc1cccc(N)c1N(C)CC1CC2CCC1C2. The molecule has 98 valence electrons. The highest BCUT2D eigenvalue weighted by molar-refractivity contribution is 5.71. The van der Waals surface area contributed by atoms with Crippen LogP contribution in [0.5, 0.6) is 0 Å². The molecule has 0 heterocycles. The Morgan fingerprint density at radius 1 is 1.28 bits per heavy atom. The number of benzene rings is 1. The van der Waals surface area contributed by atoms with E-state index in [1.54, 1.807) is 0 Å². The van der Waals surface area contributed by atoms with Gasteiger partial charge in [0.1, 0.15) is 0 Å². The van der Waals surface area contributed by atoms with Gasteiger partial charge in [0.05, 0.1) is 11.4 Å². The van der Waals surface area contributed by atoms with Crippen molar-refractivity contribution in [3.8, 4) is 0 Å². The summed E-state index contributed by atoms with van der Waals surface area (Å²) in [5.74, 6) is 2.91. The Kier molecular flexibility index (Phi) is 2.96. The minimum atomic E-state index is 0.896. The fraction of sp³-hybridized carbons (Fsp3) is 0.625. The van der Waals surface area contributed by atoms with Crippen LogP contribution in [0.4, 0.5) is 11.4 Å². The standard InChI is InChI=1S/C16H24N2/c1-11-4-3-5-15(17)16(11)18(2)10-14-9-12-6-7-13(14)8-12/h3-5,12-14H,6-10,17H2,1-2H3. The quantitative estimate of drug-likeness (QED) is 0.825. The Hall–Kier alpha value is -1.18. The van der Waals surface area contributed by atoms with E-state index in [1.165, 1.54) is 43.5 Å². The van der Waals surface area contributed by atoms with Crippen molar-refractivity contribution in [3.05, 3.63) is 23.8 Å². The van der Waals surface area contributed by atoms with E-state index in [-0.39, 0.29) is 0 Å². The average Bonchev–Trinajstić information content (AvgIpc) is 2.90. The number of hydrogen-bond donors (Lipinski definition) is 1. The summed E-state index contributed by atoms with van der Waals surface area (Å²) in [6, 6.07) is 6.21. The zero-order valence-corrected chi connectivity index (χ0v) is 11.5. The molecule has 2 aliphatic rings. The van der Waals surface area contributed by atoms with Crippen molar-refractivity contribution < 1.29 is 0 Å². The lowest BCUT2D eigenvalue weighted by atomic mass is 9.88. The number of nitrogen functional groups attached to an aromatic ring is 1. The van der Waals surface area contributed by atoms with Gasteiger partial charge in [0, 0.05) is 13.6 Å². The first-order chi connectivity index (χ1) is 8.65. The van der Waals surface area contributed by atoms with Crippen molar-refractivity contribution in [2.75, 3.05) is 24.2 Å². The summed E-state index contributed by atoms with van der Waals surface area (Å²) in [6.45, 7) is 3.33. The van der Waals surface area contributed by atoms with Crippen LogP contribution in [0.2, 0.25) is 0 Å². The van der Waals surface area contributed by atoms with Crippen molar-refractivity contribution in [1.29, 1.82) is 0 Å². The summed E-state index contributed by atoms with van der Waals surface area (Å²) in [4.78, 5) is 2.38. The van der Waals surface area contributed by atoms with Gasteiger partial charge >= 0.3 is 0 Å². The van der Waals surface area contributed by atoms with Gasteiger partial charge in [-0.1, -0.05) is 18.6 Å². The highest BCUT2D eigenvalue weighted by Crippen LogP contribution is 2.48. The first-order valence-electron chi connectivity index (χ1n) is 7.21.